The SMILES string of the molecule is C/C=C\C(=C/CC)c1nc(-c2ccccc2)nc(-c2cccc(-c3cccc(-c4cccc(Br)c4)c3)c2)n1. The van der Waals surface area contributed by atoms with Crippen LogP contribution in [0.5, 0.6) is 0 Å². The van der Waals surface area contributed by atoms with Crippen LogP contribution in [0.25, 0.3) is 50.6 Å². The fraction of sp³-hybridized carbons (Fsp3) is 0.0882. The Hall–Kier alpha value is -4.15. The van der Waals surface area contributed by atoms with E-state index >= 15 is 0 Å². The van der Waals surface area contributed by atoms with E-state index in [9.17, 15) is 0 Å². The molecule has 1 heterocycles. The van der Waals surface area contributed by atoms with Crippen molar-refractivity contribution in [2.24, 2.45) is 0 Å². The van der Waals surface area contributed by atoms with Crippen molar-refractivity contribution in [1.29, 1.82) is 0 Å². The highest BCUT2D eigenvalue weighted by Gasteiger charge is 2.13. The van der Waals surface area contributed by atoms with Crippen molar-refractivity contribution in [3.8, 4) is 45.0 Å². The number of aromatic nitrogens is 3. The van der Waals surface area contributed by atoms with Gasteiger partial charge in [0.15, 0.2) is 17.5 Å². The molecule has 4 heteroatoms. The summed E-state index contributed by atoms with van der Waals surface area (Å²) in [5, 5.41) is 0. The summed E-state index contributed by atoms with van der Waals surface area (Å²) < 4.78 is 1.07. The van der Waals surface area contributed by atoms with Crippen LogP contribution in [0.3, 0.4) is 0 Å². The first-order valence-corrected chi connectivity index (χ1v) is 13.6. The topological polar surface area (TPSA) is 38.7 Å². The van der Waals surface area contributed by atoms with Gasteiger partial charge in [0.05, 0.1) is 0 Å². The molecular formula is C34H28BrN3. The van der Waals surface area contributed by atoms with Crippen LogP contribution in [0.2, 0.25) is 0 Å². The van der Waals surface area contributed by atoms with Gasteiger partial charge in [0.1, 0.15) is 0 Å². The first kappa shape index (κ1) is 25.5. The molecule has 0 unspecified atom stereocenters. The minimum atomic E-state index is 0.658. The molecule has 0 amide bonds. The summed E-state index contributed by atoms with van der Waals surface area (Å²) in [6, 6.07) is 35.5. The minimum absolute atomic E-state index is 0.658. The summed E-state index contributed by atoms with van der Waals surface area (Å²) in [5.74, 6) is 2.00. The van der Waals surface area contributed by atoms with Crippen molar-refractivity contribution in [1.82, 2.24) is 15.0 Å². The van der Waals surface area contributed by atoms with Crippen LogP contribution in [-0.2, 0) is 0 Å². The van der Waals surface area contributed by atoms with Crippen molar-refractivity contribution in [2.75, 3.05) is 0 Å². The predicted octanol–water partition coefficient (Wildman–Crippen LogP) is 9.67. The van der Waals surface area contributed by atoms with Crippen LogP contribution in [-0.4, -0.2) is 15.0 Å². The Bertz CT molecular complexity index is 1620. The van der Waals surface area contributed by atoms with Gasteiger partial charge >= 0.3 is 0 Å². The van der Waals surface area contributed by atoms with E-state index in [1.54, 1.807) is 0 Å². The lowest BCUT2D eigenvalue weighted by Crippen LogP contribution is -2.02. The molecule has 0 saturated carbocycles. The molecule has 38 heavy (non-hydrogen) atoms. The van der Waals surface area contributed by atoms with Crippen LogP contribution >= 0.6 is 15.9 Å². The Labute approximate surface area is 232 Å². The molecule has 0 aliphatic heterocycles. The molecule has 0 spiro atoms. The van der Waals surface area contributed by atoms with E-state index in [4.69, 9.17) is 15.0 Å². The third-order valence-electron chi connectivity index (χ3n) is 6.17. The molecule has 3 nitrogen and oxygen atoms in total. The Morgan fingerprint density at radius 3 is 1.76 bits per heavy atom. The van der Waals surface area contributed by atoms with E-state index in [2.05, 4.69) is 102 Å². The molecule has 0 N–H and O–H groups in total. The lowest BCUT2D eigenvalue weighted by Gasteiger charge is -2.11. The summed E-state index contributed by atoms with van der Waals surface area (Å²) >= 11 is 3.59. The zero-order valence-corrected chi connectivity index (χ0v) is 23.1. The molecule has 0 radical (unpaired) electrons. The van der Waals surface area contributed by atoms with E-state index in [1.165, 1.54) is 11.1 Å². The fourth-order valence-electron chi connectivity index (χ4n) is 4.37. The van der Waals surface area contributed by atoms with Crippen molar-refractivity contribution in [3.05, 3.63) is 132 Å². The number of rotatable bonds is 7. The summed E-state index contributed by atoms with van der Waals surface area (Å²) in [6.07, 6.45) is 7.12. The number of halogens is 1. The summed E-state index contributed by atoms with van der Waals surface area (Å²) in [5.41, 5.74) is 7.51. The molecule has 0 atom stereocenters. The number of hydrogen-bond acceptors (Lipinski definition) is 3. The van der Waals surface area contributed by atoms with Gasteiger partial charge in [-0.2, -0.15) is 0 Å². The minimum Gasteiger partial charge on any atom is -0.208 e. The maximum absolute atomic E-state index is 4.93. The predicted molar refractivity (Wildman–Crippen MR) is 162 cm³/mol. The van der Waals surface area contributed by atoms with E-state index in [0.29, 0.717) is 17.5 Å². The number of allylic oxidation sites excluding steroid dienone is 4. The zero-order chi connectivity index (χ0) is 26.3. The van der Waals surface area contributed by atoms with Gasteiger partial charge in [-0.15, -0.1) is 0 Å². The molecule has 5 rings (SSSR count). The van der Waals surface area contributed by atoms with Gasteiger partial charge in [-0.05, 0) is 59.9 Å². The standard InChI is InChI=1S/C34H28BrN3/c1-3-11-24(12-4-2)32-36-33(25-13-6-5-7-14-25)38-34(37-32)30-19-9-17-28(22-30)26-15-8-16-27(21-26)29-18-10-20-31(35)23-29/h3,5-23H,4H2,1-2H3/b11-3-,24-12+. The van der Waals surface area contributed by atoms with Crippen LogP contribution in [0.1, 0.15) is 26.1 Å². The van der Waals surface area contributed by atoms with Gasteiger partial charge in [0, 0.05) is 21.2 Å². The Balaban J connectivity index is 1.60. The monoisotopic (exact) mass is 557 g/mol. The highest BCUT2D eigenvalue weighted by Crippen LogP contribution is 2.31. The number of nitrogens with zero attached hydrogens (tertiary/aromatic N) is 3. The van der Waals surface area contributed by atoms with Crippen LogP contribution in [0.15, 0.2) is 126 Å². The van der Waals surface area contributed by atoms with Crippen molar-refractivity contribution in [3.63, 3.8) is 0 Å². The Morgan fingerprint density at radius 1 is 0.632 bits per heavy atom. The van der Waals surface area contributed by atoms with Gasteiger partial charge < -0.3 is 0 Å². The van der Waals surface area contributed by atoms with Gasteiger partial charge in [-0.3, -0.25) is 0 Å². The highest BCUT2D eigenvalue weighted by molar-refractivity contribution is 9.10. The fourth-order valence-corrected chi connectivity index (χ4v) is 4.77. The van der Waals surface area contributed by atoms with Crippen molar-refractivity contribution < 1.29 is 0 Å². The third kappa shape index (κ3) is 5.87. The normalized spacial score (nSPS) is 11.7. The lowest BCUT2D eigenvalue weighted by molar-refractivity contribution is 1.03. The molecule has 0 saturated heterocycles. The second kappa shape index (κ2) is 11.9. The van der Waals surface area contributed by atoms with Crippen molar-refractivity contribution >= 4 is 21.5 Å². The molecule has 0 aliphatic rings. The Kier molecular flexibility index (Phi) is 8.01. The van der Waals surface area contributed by atoms with Crippen LogP contribution in [0.4, 0.5) is 0 Å². The smallest absolute Gasteiger partial charge is 0.164 e. The van der Waals surface area contributed by atoms with E-state index in [1.807, 2.05) is 49.4 Å². The average Bonchev–Trinajstić information content (AvgIpc) is 2.97. The van der Waals surface area contributed by atoms with E-state index in [0.717, 1.165) is 38.7 Å². The van der Waals surface area contributed by atoms with Crippen molar-refractivity contribution in [2.45, 2.75) is 20.3 Å². The van der Waals surface area contributed by atoms with Gasteiger partial charge in [0.2, 0.25) is 0 Å². The van der Waals surface area contributed by atoms with E-state index < -0.39 is 0 Å². The molecule has 4 aromatic carbocycles. The van der Waals surface area contributed by atoms with Gasteiger partial charge in [-0.25, -0.2) is 15.0 Å². The maximum atomic E-state index is 4.93. The summed E-state index contributed by atoms with van der Waals surface area (Å²) in [7, 11) is 0. The van der Waals surface area contributed by atoms with Crippen LogP contribution in [0, 0.1) is 0 Å². The third-order valence-corrected chi connectivity index (χ3v) is 6.66. The first-order valence-electron chi connectivity index (χ1n) is 12.8. The molecular weight excluding hydrogens is 530 g/mol. The van der Waals surface area contributed by atoms with Crippen LogP contribution < -0.4 is 0 Å². The quantitative estimate of drug-likeness (QED) is 0.187. The van der Waals surface area contributed by atoms with Gasteiger partial charge in [-0.1, -0.05) is 120 Å². The molecule has 0 aliphatic carbocycles. The maximum Gasteiger partial charge on any atom is 0.164 e. The molecule has 0 fully saturated rings. The molecule has 5 aromatic rings. The Morgan fingerprint density at radius 2 is 1.16 bits per heavy atom. The number of benzene rings is 4. The summed E-state index contributed by atoms with van der Waals surface area (Å²) in [6.45, 7) is 4.13. The number of hydrogen-bond donors (Lipinski definition) is 0. The summed E-state index contributed by atoms with van der Waals surface area (Å²) in [4.78, 5) is 14.7. The highest BCUT2D eigenvalue weighted by atomic mass is 79.9. The molecule has 186 valence electrons. The first-order chi connectivity index (χ1) is 18.6. The zero-order valence-electron chi connectivity index (χ0n) is 21.5. The largest absolute Gasteiger partial charge is 0.208 e. The second-order valence-corrected chi connectivity index (χ2v) is 9.83. The average molecular weight is 559 g/mol. The second-order valence-electron chi connectivity index (χ2n) is 8.91. The molecule has 0 bridgehead atoms. The lowest BCUT2D eigenvalue weighted by atomic mass is 9.98. The van der Waals surface area contributed by atoms with Gasteiger partial charge in [0.25, 0.3) is 0 Å². The molecule has 1 aromatic heterocycles. The van der Waals surface area contributed by atoms with E-state index in [-0.39, 0.29) is 0 Å².